The maximum Gasteiger partial charge on any atom is 0.0950 e. The van der Waals surface area contributed by atoms with E-state index in [0.29, 0.717) is 11.8 Å². The molecule has 376 valence electrons. The Morgan fingerprint density at radius 1 is 0.552 bits per heavy atom. The van der Waals surface area contributed by atoms with Gasteiger partial charge in [-0.05, 0) is 55.9 Å². The Morgan fingerprint density at radius 2 is 1.10 bits per heavy atom. The number of morpholine rings is 2. The molecule has 4 saturated heterocycles. The molecule has 0 bridgehead atoms. The predicted molar refractivity (Wildman–Crippen MR) is 272 cm³/mol. The minimum Gasteiger partial charge on any atom is -0.379 e. The van der Waals surface area contributed by atoms with Gasteiger partial charge in [0.25, 0.3) is 0 Å². The topological polar surface area (TPSA) is 114 Å². The van der Waals surface area contributed by atoms with Crippen molar-refractivity contribution in [3.8, 4) is 0 Å². The lowest BCUT2D eigenvalue weighted by molar-refractivity contribution is 0.0359. The first-order chi connectivity index (χ1) is 32.0. The molecule has 0 atom stereocenters. The number of nitrogens with zero attached hydrogens (tertiary/aromatic N) is 13. The van der Waals surface area contributed by atoms with Gasteiger partial charge in [-0.15, -0.1) is 10.2 Å². The summed E-state index contributed by atoms with van der Waals surface area (Å²) in [4.78, 5) is 16.8. The first kappa shape index (κ1) is 54.4. The standard InChI is InChI=1S/C15H24N2.C13H24N4.C13H23N3O.C11H20N4O/c1-13(2)15-6-4-5-14(11-15)12-17-9-7-16(3)8-10-17;1-13(2,3)12-11-17(15-14-12)10-9-16-7-5-4-6-8-16;1-13(2,3)12-10-16(11-14-12)5-4-15-6-8-17-9-7-15;1-10(2)11-9-15(13-12-11)4-3-14-5-7-16-8-6-14/h4-6,11,13H,7-10,12H2,1-3H3;11H,4-10H2,1-3H3;10-11H,4-9H2,1-3H3;9-10H,3-8H2,1-2H3. The zero-order valence-corrected chi connectivity index (χ0v) is 43.9. The molecule has 0 radical (unpaired) electrons. The van der Waals surface area contributed by atoms with Gasteiger partial charge in [0.2, 0.25) is 0 Å². The number of aromatic nitrogens is 8. The van der Waals surface area contributed by atoms with Gasteiger partial charge in [-0.2, -0.15) is 0 Å². The van der Waals surface area contributed by atoms with E-state index in [1.807, 2.05) is 21.9 Å². The fraction of sp³-hybridized carbons (Fsp3) is 0.750. The number of hydrogen-bond acceptors (Lipinski definition) is 12. The SMILES string of the molecule is CC(C)(C)c1cn(CCN2CCCCC2)nn1.CC(C)(C)c1cn(CCN2CCOCC2)cn1.CC(C)c1cccc(CN2CCN(C)CC2)c1.CC(C)c1cn(CCN2CCOCC2)nn1. The van der Waals surface area contributed by atoms with E-state index < -0.39 is 0 Å². The van der Waals surface area contributed by atoms with Crippen LogP contribution in [-0.2, 0) is 46.5 Å². The number of imidazole rings is 1. The first-order valence-electron chi connectivity index (χ1n) is 25.7. The van der Waals surface area contributed by atoms with Gasteiger partial charge in [-0.25, -0.2) is 4.98 Å². The number of hydrogen-bond donors (Lipinski definition) is 0. The number of piperazine rings is 1. The van der Waals surface area contributed by atoms with Crippen LogP contribution < -0.4 is 0 Å². The third-order valence-corrected chi connectivity index (χ3v) is 13.1. The number of piperidine rings is 1. The van der Waals surface area contributed by atoms with E-state index in [-0.39, 0.29) is 10.8 Å². The Balaban J connectivity index is 0.000000167. The number of rotatable bonds is 13. The molecule has 0 N–H and O–H groups in total. The maximum atomic E-state index is 5.34. The van der Waals surface area contributed by atoms with Gasteiger partial charge in [0.15, 0.2) is 0 Å². The van der Waals surface area contributed by atoms with Crippen LogP contribution in [0.2, 0.25) is 0 Å². The van der Waals surface area contributed by atoms with Gasteiger partial charge in [0.05, 0.1) is 62.9 Å². The van der Waals surface area contributed by atoms with Crippen LogP contribution in [0.5, 0.6) is 0 Å². The molecule has 15 heteroatoms. The number of likely N-dealkylation sites (tertiary alicyclic amines) is 1. The van der Waals surface area contributed by atoms with Crippen molar-refractivity contribution in [2.75, 3.05) is 119 Å². The Hall–Kier alpha value is -3.57. The van der Waals surface area contributed by atoms with Gasteiger partial charge in [0.1, 0.15) is 0 Å². The zero-order valence-electron chi connectivity index (χ0n) is 43.9. The summed E-state index contributed by atoms with van der Waals surface area (Å²) < 4.78 is 16.8. The summed E-state index contributed by atoms with van der Waals surface area (Å²) in [6.07, 6.45) is 12.3. The molecule has 0 unspecified atom stereocenters. The minimum atomic E-state index is 0.101. The molecule has 1 aromatic carbocycles. The molecular weight excluding hydrogens is 839 g/mol. The van der Waals surface area contributed by atoms with Crippen molar-refractivity contribution in [3.05, 3.63) is 77.4 Å². The fourth-order valence-electron chi connectivity index (χ4n) is 8.20. The Labute approximate surface area is 405 Å². The Kier molecular flexibility index (Phi) is 22.4. The van der Waals surface area contributed by atoms with Crippen molar-refractivity contribution in [3.63, 3.8) is 0 Å². The van der Waals surface area contributed by atoms with Gasteiger partial charge in [0, 0.05) is 115 Å². The molecule has 0 aliphatic carbocycles. The van der Waals surface area contributed by atoms with E-state index in [1.165, 1.54) is 75.4 Å². The molecule has 67 heavy (non-hydrogen) atoms. The molecule has 7 heterocycles. The quantitative estimate of drug-likeness (QED) is 0.140. The van der Waals surface area contributed by atoms with E-state index in [1.54, 1.807) is 0 Å². The Morgan fingerprint density at radius 3 is 1.63 bits per heavy atom. The first-order valence-corrected chi connectivity index (χ1v) is 25.7. The fourth-order valence-corrected chi connectivity index (χ4v) is 8.20. The van der Waals surface area contributed by atoms with E-state index in [2.05, 4.69) is 168 Å². The van der Waals surface area contributed by atoms with Crippen LogP contribution in [0.4, 0.5) is 0 Å². The van der Waals surface area contributed by atoms with Crippen LogP contribution in [-0.4, -0.2) is 183 Å². The van der Waals surface area contributed by atoms with E-state index in [9.17, 15) is 0 Å². The van der Waals surface area contributed by atoms with Crippen LogP contribution in [0.15, 0.2) is 49.2 Å². The van der Waals surface area contributed by atoms with Crippen molar-refractivity contribution in [2.24, 2.45) is 0 Å². The molecule has 4 aliphatic rings. The number of benzene rings is 1. The highest BCUT2D eigenvalue weighted by atomic mass is 16.5. The average Bonchev–Trinajstić information content (AvgIpc) is 4.12. The Bertz CT molecular complexity index is 1850. The third kappa shape index (κ3) is 20.1. The van der Waals surface area contributed by atoms with Crippen molar-refractivity contribution in [1.29, 1.82) is 0 Å². The van der Waals surface area contributed by atoms with Crippen LogP contribution in [0.3, 0.4) is 0 Å². The lowest BCUT2D eigenvalue weighted by Crippen LogP contribution is -2.43. The van der Waals surface area contributed by atoms with Crippen molar-refractivity contribution in [1.82, 2.24) is 64.0 Å². The van der Waals surface area contributed by atoms with Gasteiger partial charge < -0.3 is 23.8 Å². The molecule has 0 spiro atoms. The maximum absolute atomic E-state index is 5.34. The molecule has 4 aromatic rings. The summed E-state index contributed by atoms with van der Waals surface area (Å²) in [7, 11) is 2.21. The van der Waals surface area contributed by atoms with Gasteiger partial charge >= 0.3 is 0 Å². The normalized spacial score (nSPS) is 18.5. The van der Waals surface area contributed by atoms with Gasteiger partial charge in [-0.3, -0.25) is 24.1 Å². The van der Waals surface area contributed by atoms with Crippen LogP contribution >= 0.6 is 0 Å². The largest absolute Gasteiger partial charge is 0.379 e. The molecule has 4 fully saturated rings. The molecule has 15 nitrogen and oxygen atoms in total. The molecule has 0 amide bonds. The summed E-state index contributed by atoms with van der Waals surface area (Å²) >= 11 is 0. The van der Waals surface area contributed by atoms with E-state index in [0.717, 1.165) is 110 Å². The highest BCUT2D eigenvalue weighted by Gasteiger charge is 2.20. The second-order valence-corrected chi connectivity index (χ2v) is 21.7. The summed E-state index contributed by atoms with van der Waals surface area (Å²) in [5, 5.41) is 16.7. The van der Waals surface area contributed by atoms with Crippen LogP contribution in [0.25, 0.3) is 0 Å². The smallest absolute Gasteiger partial charge is 0.0950 e. The lowest BCUT2D eigenvalue weighted by atomic mass is 9.93. The van der Waals surface area contributed by atoms with Crippen LogP contribution in [0.1, 0.15) is 129 Å². The highest BCUT2D eigenvalue weighted by Crippen LogP contribution is 2.21. The lowest BCUT2D eigenvalue weighted by Gasteiger charge is -2.32. The van der Waals surface area contributed by atoms with Crippen molar-refractivity contribution in [2.45, 2.75) is 137 Å². The van der Waals surface area contributed by atoms with Crippen molar-refractivity contribution < 1.29 is 9.47 Å². The summed E-state index contributed by atoms with van der Waals surface area (Å²) in [5.41, 5.74) is 6.48. The molecule has 8 rings (SSSR count). The second-order valence-electron chi connectivity index (χ2n) is 21.7. The van der Waals surface area contributed by atoms with Crippen molar-refractivity contribution >= 4 is 0 Å². The summed E-state index contributed by atoms with van der Waals surface area (Å²) in [6.45, 7) is 44.0. The molecule has 3 aromatic heterocycles. The van der Waals surface area contributed by atoms with E-state index in [4.69, 9.17) is 9.47 Å². The molecular formula is C52H91N13O2. The summed E-state index contributed by atoms with van der Waals surface area (Å²) in [5.74, 6) is 1.08. The van der Waals surface area contributed by atoms with Crippen LogP contribution in [0, 0.1) is 0 Å². The monoisotopic (exact) mass is 930 g/mol. The minimum absolute atomic E-state index is 0.101. The predicted octanol–water partition coefficient (Wildman–Crippen LogP) is 6.87. The zero-order chi connectivity index (χ0) is 48.2. The number of ether oxygens (including phenoxy) is 2. The molecule has 0 saturated carbocycles. The highest BCUT2D eigenvalue weighted by molar-refractivity contribution is 5.25. The van der Waals surface area contributed by atoms with E-state index >= 15 is 0 Å². The third-order valence-electron chi connectivity index (χ3n) is 13.1. The molecule has 4 aliphatic heterocycles. The average molecular weight is 930 g/mol. The second kappa shape index (κ2) is 27.6. The van der Waals surface area contributed by atoms with Gasteiger partial charge in [-0.1, -0.05) is 110 Å². The number of likely N-dealkylation sites (N-methyl/N-ethyl adjacent to an activating group) is 1. The summed E-state index contributed by atoms with van der Waals surface area (Å²) in [6, 6.07) is 9.05.